The summed E-state index contributed by atoms with van der Waals surface area (Å²) in [6.45, 7) is 7.93. The van der Waals surface area contributed by atoms with E-state index in [1.165, 1.54) is 5.56 Å². The average molecular weight is 263 g/mol. The lowest BCUT2D eigenvalue weighted by Gasteiger charge is -2.33. The number of piperidine rings is 1. The molecule has 2 heterocycles. The van der Waals surface area contributed by atoms with Gasteiger partial charge in [-0.3, -0.25) is 0 Å². The maximum atomic E-state index is 5.70. The molecule has 1 aromatic rings. The van der Waals surface area contributed by atoms with Gasteiger partial charge >= 0.3 is 0 Å². The second-order valence-corrected chi connectivity index (χ2v) is 5.15. The Hall–Kier alpha value is -1.13. The molecule has 0 radical (unpaired) electrons. The van der Waals surface area contributed by atoms with Crippen LogP contribution in [0.25, 0.3) is 0 Å². The third-order valence-electron chi connectivity index (χ3n) is 3.55. The van der Waals surface area contributed by atoms with Gasteiger partial charge in [0, 0.05) is 31.9 Å². The van der Waals surface area contributed by atoms with Crippen molar-refractivity contribution in [2.75, 3.05) is 31.6 Å². The molecule has 0 spiro atoms. The maximum Gasteiger partial charge on any atom is 0.129 e. The summed E-state index contributed by atoms with van der Waals surface area (Å²) in [4.78, 5) is 7.04. The molecule has 2 rings (SSSR count). The second-order valence-electron chi connectivity index (χ2n) is 5.15. The quantitative estimate of drug-likeness (QED) is 0.883. The zero-order valence-corrected chi connectivity index (χ0v) is 12.3. The maximum absolute atomic E-state index is 5.70. The summed E-state index contributed by atoms with van der Waals surface area (Å²) < 4.78 is 5.70. The first-order chi connectivity index (χ1) is 9.22. The number of rotatable bonds is 5. The van der Waals surface area contributed by atoms with Gasteiger partial charge in [0.1, 0.15) is 5.82 Å². The molecule has 0 bridgehead atoms. The highest BCUT2D eigenvalue weighted by atomic mass is 16.5. The largest absolute Gasteiger partial charge is 0.378 e. The van der Waals surface area contributed by atoms with Crippen LogP contribution in [0.3, 0.4) is 0 Å². The van der Waals surface area contributed by atoms with Crippen LogP contribution in [0.2, 0.25) is 0 Å². The molecule has 1 saturated heterocycles. The van der Waals surface area contributed by atoms with Crippen LogP contribution in [0.1, 0.15) is 31.0 Å². The molecule has 19 heavy (non-hydrogen) atoms. The van der Waals surface area contributed by atoms with Crippen molar-refractivity contribution in [2.24, 2.45) is 0 Å². The lowest BCUT2D eigenvalue weighted by Crippen LogP contribution is -2.37. The molecule has 1 N–H and O–H groups in total. The van der Waals surface area contributed by atoms with Crippen LogP contribution in [-0.2, 0) is 11.3 Å². The van der Waals surface area contributed by atoms with Gasteiger partial charge in [-0.25, -0.2) is 4.98 Å². The zero-order chi connectivity index (χ0) is 13.7. The monoisotopic (exact) mass is 263 g/mol. The summed E-state index contributed by atoms with van der Waals surface area (Å²) in [7, 11) is 1.98. The first kappa shape index (κ1) is 14.3. The molecule has 0 aromatic carbocycles. The first-order valence-electron chi connectivity index (χ1n) is 7.21. The van der Waals surface area contributed by atoms with Crippen LogP contribution in [0, 0.1) is 6.92 Å². The summed E-state index contributed by atoms with van der Waals surface area (Å²) in [5.41, 5.74) is 2.40. The van der Waals surface area contributed by atoms with Crippen LogP contribution in [0.15, 0.2) is 12.1 Å². The lowest BCUT2D eigenvalue weighted by atomic mass is 10.1. The molecule has 0 saturated carbocycles. The molecule has 0 atom stereocenters. The number of hydrogen-bond donors (Lipinski definition) is 1. The second kappa shape index (κ2) is 6.87. The predicted molar refractivity (Wildman–Crippen MR) is 78.6 cm³/mol. The SMILES string of the molecule is CCOC1CCN(c2cc(CNC)cc(C)n2)CC1. The van der Waals surface area contributed by atoms with Crippen LogP contribution < -0.4 is 10.2 Å². The minimum atomic E-state index is 0.433. The van der Waals surface area contributed by atoms with E-state index < -0.39 is 0 Å². The van der Waals surface area contributed by atoms with E-state index in [1.54, 1.807) is 0 Å². The molecule has 0 amide bonds. The Morgan fingerprint density at radius 2 is 2.11 bits per heavy atom. The Bertz CT molecular complexity index is 400. The van der Waals surface area contributed by atoms with E-state index in [4.69, 9.17) is 4.74 Å². The van der Waals surface area contributed by atoms with Gasteiger partial charge in [0.25, 0.3) is 0 Å². The van der Waals surface area contributed by atoms with E-state index in [0.717, 1.165) is 50.6 Å². The van der Waals surface area contributed by atoms with E-state index in [0.29, 0.717) is 6.10 Å². The highest BCUT2D eigenvalue weighted by Crippen LogP contribution is 2.21. The van der Waals surface area contributed by atoms with Gasteiger partial charge in [0.15, 0.2) is 0 Å². The summed E-state index contributed by atoms with van der Waals surface area (Å²) in [5.74, 6) is 1.11. The zero-order valence-electron chi connectivity index (χ0n) is 12.3. The number of pyridine rings is 1. The van der Waals surface area contributed by atoms with E-state index in [-0.39, 0.29) is 0 Å². The number of hydrogen-bond acceptors (Lipinski definition) is 4. The lowest BCUT2D eigenvalue weighted by molar-refractivity contribution is 0.0458. The molecule has 1 fully saturated rings. The fraction of sp³-hybridized carbons (Fsp3) is 0.667. The number of nitrogens with zero attached hydrogens (tertiary/aromatic N) is 2. The Morgan fingerprint density at radius 3 is 2.74 bits per heavy atom. The molecule has 1 aromatic heterocycles. The van der Waals surface area contributed by atoms with Gasteiger partial charge in [-0.05, 0) is 51.4 Å². The van der Waals surface area contributed by atoms with Crippen LogP contribution >= 0.6 is 0 Å². The molecule has 4 heteroatoms. The van der Waals surface area contributed by atoms with Crippen LogP contribution in [0.5, 0.6) is 0 Å². The molecular formula is C15H25N3O. The average Bonchev–Trinajstić information content (AvgIpc) is 2.40. The Morgan fingerprint density at radius 1 is 1.37 bits per heavy atom. The molecule has 1 aliphatic heterocycles. The van der Waals surface area contributed by atoms with Gasteiger partial charge in [-0.15, -0.1) is 0 Å². The number of nitrogens with one attached hydrogen (secondary N) is 1. The summed E-state index contributed by atoms with van der Waals surface area (Å²) in [6.07, 6.45) is 2.64. The van der Waals surface area contributed by atoms with Crippen molar-refractivity contribution in [3.63, 3.8) is 0 Å². The predicted octanol–water partition coefficient (Wildman–Crippen LogP) is 2.11. The minimum absolute atomic E-state index is 0.433. The van der Waals surface area contributed by atoms with Crippen molar-refractivity contribution in [1.82, 2.24) is 10.3 Å². The molecule has 1 aliphatic rings. The van der Waals surface area contributed by atoms with Crippen LogP contribution in [-0.4, -0.2) is 37.8 Å². The number of aromatic nitrogens is 1. The number of ether oxygens (including phenoxy) is 1. The van der Waals surface area contributed by atoms with Crippen molar-refractivity contribution >= 4 is 5.82 Å². The molecule has 106 valence electrons. The smallest absolute Gasteiger partial charge is 0.129 e. The van der Waals surface area contributed by atoms with Crippen molar-refractivity contribution in [3.05, 3.63) is 23.4 Å². The van der Waals surface area contributed by atoms with E-state index >= 15 is 0 Å². The topological polar surface area (TPSA) is 37.4 Å². The van der Waals surface area contributed by atoms with Gasteiger partial charge in [0.2, 0.25) is 0 Å². The number of anilines is 1. The van der Waals surface area contributed by atoms with Gasteiger partial charge in [0.05, 0.1) is 6.10 Å². The van der Waals surface area contributed by atoms with Crippen LogP contribution in [0.4, 0.5) is 5.82 Å². The summed E-state index contributed by atoms with van der Waals surface area (Å²) >= 11 is 0. The van der Waals surface area contributed by atoms with Crippen molar-refractivity contribution in [1.29, 1.82) is 0 Å². The standard InChI is InChI=1S/C15H25N3O/c1-4-19-14-5-7-18(8-6-14)15-10-13(11-16-3)9-12(2)17-15/h9-10,14,16H,4-8,11H2,1-3H3. The van der Waals surface area contributed by atoms with Gasteiger partial charge in [-0.2, -0.15) is 0 Å². The molecule has 4 nitrogen and oxygen atoms in total. The minimum Gasteiger partial charge on any atom is -0.378 e. The van der Waals surface area contributed by atoms with Crippen molar-refractivity contribution in [2.45, 2.75) is 39.3 Å². The Balaban J connectivity index is 2.02. The first-order valence-corrected chi connectivity index (χ1v) is 7.21. The number of aryl methyl sites for hydroxylation is 1. The van der Waals surface area contributed by atoms with E-state index in [2.05, 4.69) is 41.2 Å². The van der Waals surface area contributed by atoms with Gasteiger partial charge in [-0.1, -0.05) is 0 Å². The molecule has 0 unspecified atom stereocenters. The highest BCUT2D eigenvalue weighted by Gasteiger charge is 2.20. The third-order valence-corrected chi connectivity index (χ3v) is 3.55. The summed E-state index contributed by atoms with van der Waals surface area (Å²) in [5, 5.41) is 3.20. The van der Waals surface area contributed by atoms with E-state index in [1.807, 2.05) is 7.05 Å². The fourth-order valence-corrected chi connectivity index (χ4v) is 2.68. The molecule has 0 aliphatic carbocycles. The van der Waals surface area contributed by atoms with E-state index in [9.17, 15) is 0 Å². The highest BCUT2D eigenvalue weighted by molar-refractivity contribution is 5.43. The van der Waals surface area contributed by atoms with Gasteiger partial charge < -0.3 is 15.0 Å². The fourth-order valence-electron chi connectivity index (χ4n) is 2.68. The van der Waals surface area contributed by atoms with Crippen molar-refractivity contribution < 1.29 is 4.74 Å². The normalized spacial score (nSPS) is 16.9. The Kier molecular flexibility index (Phi) is 5.16. The van der Waals surface area contributed by atoms with Crippen molar-refractivity contribution in [3.8, 4) is 0 Å². The summed E-state index contributed by atoms with van der Waals surface area (Å²) in [6, 6.07) is 4.34. The Labute approximate surface area is 116 Å². The third kappa shape index (κ3) is 3.91. The molecular weight excluding hydrogens is 238 g/mol.